The van der Waals surface area contributed by atoms with Crippen molar-refractivity contribution >= 4 is 39.3 Å². The number of carbonyl (C=O) groups excluding carboxylic acids is 1. The van der Waals surface area contributed by atoms with E-state index in [1.807, 2.05) is 35.2 Å². The van der Waals surface area contributed by atoms with Gasteiger partial charge in [-0.15, -0.1) is 11.3 Å². The van der Waals surface area contributed by atoms with Crippen molar-refractivity contribution in [3.63, 3.8) is 0 Å². The predicted molar refractivity (Wildman–Crippen MR) is 80.2 cm³/mol. The minimum Gasteiger partial charge on any atom is -0.334 e. The highest BCUT2D eigenvalue weighted by atomic mass is 32.1. The molecular formula is C14H11N3OS2. The lowest BCUT2D eigenvalue weighted by molar-refractivity contribution is 0.0736. The summed E-state index contributed by atoms with van der Waals surface area (Å²) in [7, 11) is 0. The molecule has 0 aliphatic carbocycles. The van der Waals surface area contributed by atoms with Crippen LogP contribution in [0.2, 0.25) is 0 Å². The number of fused-ring (bicyclic) bond motifs is 3. The van der Waals surface area contributed by atoms with E-state index in [2.05, 4.69) is 8.75 Å². The van der Waals surface area contributed by atoms with Crippen LogP contribution in [-0.4, -0.2) is 26.1 Å². The molecule has 1 aliphatic heterocycles. The summed E-state index contributed by atoms with van der Waals surface area (Å²) in [4.78, 5) is 16.7. The van der Waals surface area contributed by atoms with Crippen LogP contribution in [0.5, 0.6) is 0 Å². The van der Waals surface area contributed by atoms with E-state index in [0.29, 0.717) is 6.54 Å². The Hall–Kier alpha value is -1.79. The van der Waals surface area contributed by atoms with Gasteiger partial charge in [-0.25, -0.2) is 0 Å². The van der Waals surface area contributed by atoms with Crippen LogP contribution >= 0.6 is 23.1 Å². The maximum absolute atomic E-state index is 12.5. The highest BCUT2D eigenvalue weighted by Gasteiger charge is 2.26. The first-order valence-corrected chi connectivity index (χ1v) is 7.95. The molecule has 0 unspecified atom stereocenters. The van der Waals surface area contributed by atoms with Crippen LogP contribution in [0.4, 0.5) is 0 Å². The second kappa shape index (κ2) is 4.64. The zero-order valence-electron chi connectivity index (χ0n) is 10.6. The van der Waals surface area contributed by atoms with Crippen molar-refractivity contribution in [2.45, 2.75) is 13.0 Å². The summed E-state index contributed by atoms with van der Waals surface area (Å²) in [5, 5.41) is 0. The van der Waals surface area contributed by atoms with Crippen LogP contribution in [-0.2, 0) is 13.0 Å². The highest BCUT2D eigenvalue weighted by Crippen LogP contribution is 2.34. The average Bonchev–Trinajstić information content (AvgIpc) is 3.07. The van der Waals surface area contributed by atoms with E-state index < -0.39 is 0 Å². The lowest BCUT2D eigenvalue weighted by Gasteiger charge is -2.27. The van der Waals surface area contributed by atoms with Crippen molar-refractivity contribution in [3.8, 4) is 0 Å². The fraction of sp³-hybridized carbons (Fsp3) is 0.214. The van der Waals surface area contributed by atoms with Gasteiger partial charge in [0.1, 0.15) is 5.52 Å². The smallest absolute Gasteiger partial charge is 0.254 e. The Balaban J connectivity index is 1.67. The van der Waals surface area contributed by atoms with Crippen LogP contribution in [0.1, 0.15) is 20.8 Å². The molecule has 3 aromatic rings. The summed E-state index contributed by atoms with van der Waals surface area (Å²) in [6, 6.07) is 9.46. The maximum atomic E-state index is 12.5. The van der Waals surface area contributed by atoms with Gasteiger partial charge in [0.05, 0.1) is 11.7 Å². The fourth-order valence-electron chi connectivity index (χ4n) is 2.55. The van der Waals surface area contributed by atoms with Crippen molar-refractivity contribution in [1.82, 2.24) is 13.6 Å². The van der Waals surface area contributed by atoms with E-state index >= 15 is 0 Å². The number of amides is 1. The summed E-state index contributed by atoms with van der Waals surface area (Å²) in [6.45, 7) is 1.42. The van der Waals surface area contributed by atoms with Gasteiger partial charge in [0.2, 0.25) is 0 Å². The number of aromatic nitrogens is 2. The molecule has 1 aromatic carbocycles. The van der Waals surface area contributed by atoms with E-state index in [1.54, 1.807) is 11.3 Å². The molecular weight excluding hydrogens is 290 g/mol. The third kappa shape index (κ3) is 1.83. The molecule has 0 N–H and O–H groups in total. The van der Waals surface area contributed by atoms with Gasteiger partial charge in [-0.1, -0.05) is 18.2 Å². The second-order valence-electron chi connectivity index (χ2n) is 4.76. The molecule has 0 fully saturated rings. The predicted octanol–water partition coefficient (Wildman–Crippen LogP) is 2.95. The highest BCUT2D eigenvalue weighted by molar-refractivity contribution is 7.20. The molecule has 1 aliphatic rings. The first-order chi connectivity index (χ1) is 9.83. The van der Waals surface area contributed by atoms with Crippen molar-refractivity contribution in [1.29, 1.82) is 0 Å². The minimum atomic E-state index is 0.0961. The first-order valence-electron chi connectivity index (χ1n) is 6.40. The van der Waals surface area contributed by atoms with Gasteiger partial charge in [-0.3, -0.25) is 4.79 Å². The normalized spacial score (nSPS) is 14.5. The Bertz CT molecular complexity index is 778. The molecule has 0 radical (unpaired) electrons. The van der Waals surface area contributed by atoms with Crippen molar-refractivity contribution in [3.05, 3.63) is 46.3 Å². The Morgan fingerprint density at radius 3 is 2.90 bits per heavy atom. The maximum Gasteiger partial charge on any atom is 0.254 e. The van der Waals surface area contributed by atoms with Gasteiger partial charge >= 0.3 is 0 Å². The average molecular weight is 301 g/mol. The van der Waals surface area contributed by atoms with E-state index in [1.165, 1.54) is 22.2 Å². The Morgan fingerprint density at radius 1 is 1.20 bits per heavy atom. The van der Waals surface area contributed by atoms with E-state index in [0.717, 1.165) is 28.9 Å². The summed E-state index contributed by atoms with van der Waals surface area (Å²) < 4.78 is 8.66. The molecule has 100 valence electrons. The number of hydrogen-bond donors (Lipinski definition) is 0. The number of benzene rings is 1. The number of hydrogen-bond acceptors (Lipinski definition) is 5. The molecule has 2 aromatic heterocycles. The van der Waals surface area contributed by atoms with Crippen molar-refractivity contribution < 1.29 is 4.79 Å². The topological polar surface area (TPSA) is 46.1 Å². The molecule has 0 atom stereocenters. The number of rotatable bonds is 1. The third-order valence-electron chi connectivity index (χ3n) is 3.57. The molecule has 4 nitrogen and oxygen atoms in total. The molecule has 0 saturated carbocycles. The molecule has 4 rings (SSSR count). The summed E-state index contributed by atoms with van der Waals surface area (Å²) in [6.07, 6.45) is 0.904. The summed E-state index contributed by atoms with van der Waals surface area (Å²) in [5.74, 6) is 0.0961. The molecule has 3 heterocycles. The van der Waals surface area contributed by atoms with Crippen LogP contribution in [0.25, 0.3) is 10.3 Å². The molecule has 0 bridgehead atoms. The number of carbonyl (C=O) groups is 1. The van der Waals surface area contributed by atoms with E-state index in [-0.39, 0.29) is 5.91 Å². The second-order valence-corrected chi connectivity index (χ2v) is 6.38. The minimum absolute atomic E-state index is 0.0961. The lowest BCUT2D eigenvalue weighted by Crippen LogP contribution is -2.35. The molecule has 20 heavy (non-hydrogen) atoms. The molecule has 0 saturated heterocycles. The first kappa shape index (κ1) is 12.0. The van der Waals surface area contributed by atoms with E-state index in [4.69, 9.17) is 0 Å². The van der Waals surface area contributed by atoms with Gasteiger partial charge < -0.3 is 4.90 Å². The Labute approximate surface area is 124 Å². The molecule has 6 heteroatoms. The SMILES string of the molecule is O=C(c1ccccc1)N1CCc2sc3nsnc3c2C1. The zero-order chi connectivity index (χ0) is 13.5. The van der Waals surface area contributed by atoms with Crippen molar-refractivity contribution in [2.75, 3.05) is 6.54 Å². The number of thiophene rings is 1. The van der Waals surface area contributed by atoms with Gasteiger partial charge in [-0.05, 0) is 18.6 Å². The van der Waals surface area contributed by atoms with Crippen LogP contribution < -0.4 is 0 Å². The Kier molecular flexibility index (Phi) is 2.78. The van der Waals surface area contributed by atoms with Gasteiger partial charge in [0.15, 0.2) is 4.83 Å². The molecule has 1 amide bonds. The largest absolute Gasteiger partial charge is 0.334 e. The van der Waals surface area contributed by atoms with E-state index in [9.17, 15) is 4.79 Å². The summed E-state index contributed by atoms with van der Waals surface area (Å²) in [5.41, 5.74) is 2.92. The van der Waals surface area contributed by atoms with Gasteiger partial charge in [0.25, 0.3) is 5.91 Å². The zero-order valence-corrected chi connectivity index (χ0v) is 12.2. The van der Waals surface area contributed by atoms with Crippen LogP contribution in [0.3, 0.4) is 0 Å². The lowest BCUT2D eigenvalue weighted by atomic mass is 10.1. The van der Waals surface area contributed by atoms with Crippen molar-refractivity contribution in [2.24, 2.45) is 0 Å². The van der Waals surface area contributed by atoms with Gasteiger partial charge in [0, 0.05) is 29.1 Å². The quantitative estimate of drug-likeness (QED) is 0.694. The molecule has 0 spiro atoms. The summed E-state index contributed by atoms with van der Waals surface area (Å²) >= 11 is 2.96. The van der Waals surface area contributed by atoms with Crippen LogP contribution in [0.15, 0.2) is 30.3 Å². The Morgan fingerprint density at radius 2 is 2.05 bits per heavy atom. The van der Waals surface area contributed by atoms with Gasteiger partial charge in [-0.2, -0.15) is 8.75 Å². The number of nitrogens with zero attached hydrogens (tertiary/aromatic N) is 3. The standard InChI is InChI=1S/C14H11N3OS2/c18-14(9-4-2-1-3-5-9)17-7-6-11-10(8-17)12-13(19-11)16-20-15-12/h1-5H,6-8H2. The monoisotopic (exact) mass is 301 g/mol. The van der Waals surface area contributed by atoms with Crippen LogP contribution in [0, 0.1) is 0 Å². The third-order valence-corrected chi connectivity index (χ3v) is 5.39. The fourth-order valence-corrected chi connectivity index (χ4v) is 4.31.